The molecule has 2 heterocycles. The number of halogens is 1. The monoisotopic (exact) mass is 418 g/mol. The molecule has 0 atom stereocenters. The van der Waals surface area contributed by atoms with Crippen LogP contribution >= 0.6 is 22.9 Å². The number of hydrogen-bond donors (Lipinski definition) is 0. The van der Waals surface area contributed by atoms with Gasteiger partial charge in [-0.2, -0.15) is 0 Å². The van der Waals surface area contributed by atoms with E-state index in [1.807, 2.05) is 17.7 Å². The Kier molecular flexibility index (Phi) is 4.63. The Morgan fingerprint density at radius 2 is 1.96 bits per heavy atom. The highest BCUT2D eigenvalue weighted by Crippen LogP contribution is 2.28. The van der Waals surface area contributed by atoms with E-state index in [0.29, 0.717) is 16.0 Å². The Morgan fingerprint density at radius 3 is 2.67 bits per heavy atom. The van der Waals surface area contributed by atoms with E-state index in [1.165, 1.54) is 15.6 Å². The SMILES string of the molecule is Cn1c(CN(c2nccs2)S(=O)(=O)c2ccccc2)nc2cc(Cl)ccc21. The van der Waals surface area contributed by atoms with E-state index in [9.17, 15) is 8.42 Å². The van der Waals surface area contributed by atoms with Crippen molar-refractivity contribution in [3.8, 4) is 0 Å². The van der Waals surface area contributed by atoms with Gasteiger partial charge in [0.25, 0.3) is 10.0 Å². The molecular weight excluding hydrogens is 404 g/mol. The van der Waals surface area contributed by atoms with E-state index in [0.717, 1.165) is 11.0 Å². The zero-order chi connectivity index (χ0) is 19.0. The number of sulfonamides is 1. The smallest absolute Gasteiger partial charge is 0.266 e. The third-order valence-corrected chi connectivity index (χ3v) is 7.08. The van der Waals surface area contributed by atoms with E-state index in [1.54, 1.807) is 54.0 Å². The molecule has 6 nitrogen and oxygen atoms in total. The summed E-state index contributed by atoms with van der Waals surface area (Å²) in [5.41, 5.74) is 1.60. The number of hydrogen-bond acceptors (Lipinski definition) is 5. The number of rotatable bonds is 5. The summed E-state index contributed by atoms with van der Waals surface area (Å²) in [6.45, 7) is 0.0630. The van der Waals surface area contributed by atoms with Gasteiger partial charge >= 0.3 is 0 Å². The van der Waals surface area contributed by atoms with Gasteiger partial charge in [-0.1, -0.05) is 29.8 Å². The Balaban J connectivity index is 1.81. The highest BCUT2D eigenvalue weighted by atomic mass is 35.5. The van der Waals surface area contributed by atoms with E-state index in [4.69, 9.17) is 11.6 Å². The van der Waals surface area contributed by atoms with Crippen LogP contribution in [-0.2, 0) is 23.6 Å². The molecule has 0 N–H and O–H groups in total. The summed E-state index contributed by atoms with van der Waals surface area (Å²) in [6, 6.07) is 13.7. The highest BCUT2D eigenvalue weighted by Gasteiger charge is 2.28. The number of anilines is 1. The van der Waals surface area contributed by atoms with E-state index >= 15 is 0 Å². The van der Waals surface area contributed by atoms with Crippen LogP contribution in [0.1, 0.15) is 5.82 Å². The van der Waals surface area contributed by atoms with Crippen molar-refractivity contribution in [1.29, 1.82) is 0 Å². The molecule has 0 unspecified atom stereocenters. The molecule has 0 aliphatic heterocycles. The molecule has 0 fully saturated rings. The first-order valence-electron chi connectivity index (χ1n) is 8.05. The summed E-state index contributed by atoms with van der Waals surface area (Å²) in [4.78, 5) is 9.00. The summed E-state index contributed by atoms with van der Waals surface area (Å²) in [5, 5.41) is 2.72. The maximum absolute atomic E-state index is 13.3. The number of aryl methyl sites for hydroxylation is 1. The maximum Gasteiger partial charge on any atom is 0.266 e. The topological polar surface area (TPSA) is 68.1 Å². The minimum absolute atomic E-state index is 0.0630. The summed E-state index contributed by atoms with van der Waals surface area (Å²) < 4.78 is 29.7. The van der Waals surface area contributed by atoms with Crippen LogP contribution in [-0.4, -0.2) is 23.0 Å². The standard InChI is InChI=1S/C18H15ClN4O2S2/c1-22-16-8-7-13(19)11-15(16)21-17(22)12-23(18-20-9-10-26-18)27(24,25)14-5-3-2-4-6-14/h2-11H,12H2,1H3. The molecule has 4 rings (SSSR count). The third kappa shape index (κ3) is 3.31. The molecule has 0 aliphatic rings. The second-order valence-corrected chi connectivity index (χ2v) is 9.03. The maximum atomic E-state index is 13.3. The summed E-state index contributed by atoms with van der Waals surface area (Å²) in [6.07, 6.45) is 1.59. The van der Waals surface area contributed by atoms with Gasteiger partial charge in [-0.15, -0.1) is 11.3 Å². The van der Waals surface area contributed by atoms with Crippen LogP contribution < -0.4 is 4.31 Å². The largest absolute Gasteiger partial charge is 0.330 e. The Bertz CT molecular complexity index is 1190. The third-order valence-electron chi connectivity index (χ3n) is 4.18. The van der Waals surface area contributed by atoms with Gasteiger partial charge in [0.15, 0.2) is 5.13 Å². The Labute approximate surface area is 165 Å². The molecule has 9 heteroatoms. The fourth-order valence-corrected chi connectivity index (χ4v) is 5.24. The predicted molar refractivity (Wildman–Crippen MR) is 108 cm³/mol. The van der Waals surface area contributed by atoms with Crippen molar-refractivity contribution in [3.05, 3.63) is 71.0 Å². The highest BCUT2D eigenvalue weighted by molar-refractivity contribution is 7.93. The first-order valence-corrected chi connectivity index (χ1v) is 10.7. The fraction of sp³-hybridized carbons (Fsp3) is 0.111. The zero-order valence-electron chi connectivity index (χ0n) is 14.3. The van der Waals surface area contributed by atoms with Gasteiger partial charge in [-0.25, -0.2) is 22.7 Å². The average molecular weight is 419 g/mol. The second-order valence-electron chi connectivity index (χ2n) is 5.86. The minimum atomic E-state index is -3.78. The van der Waals surface area contributed by atoms with Gasteiger partial charge in [0.2, 0.25) is 0 Å². The molecular formula is C18H15ClN4O2S2. The van der Waals surface area contributed by atoms with Crippen molar-refractivity contribution in [1.82, 2.24) is 14.5 Å². The van der Waals surface area contributed by atoms with E-state index in [-0.39, 0.29) is 11.4 Å². The van der Waals surface area contributed by atoms with Crippen molar-refractivity contribution in [2.24, 2.45) is 7.05 Å². The van der Waals surface area contributed by atoms with Crippen LogP contribution in [0.15, 0.2) is 65.0 Å². The number of fused-ring (bicyclic) bond motifs is 1. The predicted octanol–water partition coefficient (Wildman–Crippen LogP) is 4.08. The number of aromatic nitrogens is 3. The van der Waals surface area contributed by atoms with Crippen molar-refractivity contribution in [3.63, 3.8) is 0 Å². The molecule has 2 aromatic carbocycles. The molecule has 0 radical (unpaired) electrons. The minimum Gasteiger partial charge on any atom is -0.330 e. The number of imidazole rings is 1. The lowest BCUT2D eigenvalue weighted by Gasteiger charge is -2.21. The summed E-state index contributed by atoms with van der Waals surface area (Å²) in [5.74, 6) is 0.599. The molecule has 4 aromatic rings. The van der Waals surface area contributed by atoms with Crippen LogP contribution in [0.25, 0.3) is 11.0 Å². The van der Waals surface area contributed by atoms with Gasteiger partial charge in [0, 0.05) is 23.6 Å². The lowest BCUT2D eigenvalue weighted by molar-refractivity contribution is 0.588. The first kappa shape index (κ1) is 18.0. The normalized spacial score (nSPS) is 11.8. The Morgan fingerprint density at radius 1 is 1.19 bits per heavy atom. The molecule has 0 spiro atoms. The van der Waals surface area contributed by atoms with Crippen LogP contribution in [0, 0.1) is 0 Å². The van der Waals surface area contributed by atoms with E-state index in [2.05, 4.69) is 9.97 Å². The molecule has 0 saturated heterocycles. The van der Waals surface area contributed by atoms with Crippen LogP contribution in [0.4, 0.5) is 5.13 Å². The number of thiazole rings is 1. The average Bonchev–Trinajstić information content (AvgIpc) is 3.28. The van der Waals surface area contributed by atoms with Gasteiger partial charge < -0.3 is 4.57 Å². The molecule has 0 bridgehead atoms. The summed E-state index contributed by atoms with van der Waals surface area (Å²) in [7, 11) is -1.93. The Hall–Kier alpha value is -2.42. The lowest BCUT2D eigenvalue weighted by atomic mass is 10.3. The second kappa shape index (κ2) is 6.95. The lowest BCUT2D eigenvalue weighted by Crippen LogP contribution is -2.31. The van der Waals surface area contributed by atoms with Gasteiger partial charge in [-0.3, -0.25) is 0 Å². The quantitative estimate of drug-likeness (QED) is 0.489. The van der Waals surface area contributed by atoms with Crippen molar-refractivity contribution in [2.75, 3.05) is 4.31 Å². The van der Waals surface area contributed by atoms with Crippen molar-refractivity contribution < 1.29 is 8.42 Å². The van der Waals surface area contributed by atoms with Crippen molar-refractivity contribution >= 4 is 49.1 Å². The van der Waals surface area contributed by atoms with Crippen LogP contribution in [0.5, 0.6) is 0 Å². The molecule has 2 aromatic heterocycles. The molecule has 138 valence electrons. The molecule has 0 saturated carbocycles. The van der Waals surface area contributed by atoms with Crippen molar-refractivity contribution in [2.45, 2.75) is 11.4 Å². The van der Waals surface area contributed by atoms with E-state index < -0.39 is 10.0 Å². The molecule has 27 heavy (non-hydrogen) atoms. The molecule has 0 amide bonds. The van der Waals surface area contributed by atoms with Gasteiger partial charge in [0.05, 0.1) is 22.5 Å². The zero-order valence-corrected chi connectivity index (χ0v) is 16.7. The van der Waals surface area contributed by atoms with Gasteiger partial charge in [-0.05, 0) is 30.3 Å². The fourth-order valence-electron chi connectivity index (χ4n) is 2.81. The van der Waals surface area contributed by atoms with Gasteiger partial charge in [0.1, 0.15) is 5.82 Å². The summed E-state index contributed by atoms with van der Waals surface area (Å²) >= 11 is 7.32. The first-order chi connectivity index (χ1) is 13.0. The van der Waals surface area contributed by atoms with Crippen LogP contribution in [0.2, 0.25) is 5.02 Å². The molecule has 0 aliphatic carbocycles. The number of nitrogens with zero attached hydrogens (tertiary/aromatic N) is 4. The number of benzene rings is 2. The van der Waals surface area contributed by atoms with Crippen LogP contribution in [0.3, 0.4) is 0 Å².